The van der Waals surface area contributed by atoms with E-state index in [0.717, 1.165) is 28.0 Å². The molecule has 0 radical (unpaired) electrons. The minimum absolute atomic E-state index is 0.210. The Morgan fingerprint density at radius 3 is 1.91 bits per heavy atom. The number of nitrogens with two attached hydrogens (primary N) is 1. The second kappa shape index (κ2) is 10.1. The fourth-order valence-electron chi connectivity index (χ4n) is 3.28. The van der Waals surface area contributed by atoms with Crippen molar-refractivity contribution in [2.45, 2.75) is 36.8 Å². The summed E-state index contributed by atoms with van der Waals surface area (Å²) in [4.78, 5) is 12.4. The van der Waals surface area contributed by atoms with Crippen LogP contribution in [0.4, 0.5) is 13.2 Å². The van der Waals surface area contributed by atoms with Gasteiger partial charge in [-0.1, -0.05) is 50.2 Å². The Kier molecular flexibility index (Phi) is 7.51. The number of halogens is 3. The predicted molar refractivity (Wildman–Crippen MR) is 122 cm³/mol. The van der Waals surface area contributed by atoms with E-state index in [-0.39, 0.29) is 11.0 Å². The van der Waals surface area contributed by atoms with E-state index in [1.807, 2.05) is 36.4 Å². The summed E-state index contributed by atoms with van der Waals surface area (Å²) in [5, 5.41) is 0.210. The number of alkyl halides is 3. The van der Waals surface area contributed by atoms with Crippen molar-refractivity contribution >= 4 is 17.7 Å². The maximum Gasteiger partial charge on any atom is 0.573 e. The fourth-order valence-corrected chi connectivity index (χ4v) is 4.68. The van der Waals surface area contributed by atoms with Crippen LogP contribution in [0.3, 0.4) is 0 Å². The van der Waals surface area contributed by atoms with Crippen LogP contribution in [0.2, 0.25) is 0 Å². The molecule has 168 valence electrons. The summed E-state index contributed by atoms with van der Waals surface area (Å²) in [5.41, 5.74) is 8.65. The molecular formula is C25H24F3NO2S. The van der Waals surface area contributed by atoms with Crippen LogP contribution in [-0.2, 0) is 0 Å². The average molecular weight is 460 g/mol. The first-order chi connectivity index (χ1) is 15.1. The standard InChI is InChI=1S/C25H24F3NO2S/c1-16(2)15-23(19-3-5-20(6-4-19)24(29)30)32-22-13-9-18(10-14-22)17-7-11-21(12-8-17)31-25(26,27)28/h3-14,16,23H,15H2,1-2H3,(H2,29,30). The molecule has 0 aromatic heterocycles. The van der Waals surface area contributed by atoms with Crippen molar-refractivity contribution in [2.75, 3.05) is 0 Å². The molecule has 3 nitrogen and oxygen atoms in total. The number of ether oxygens (including phenoxy) is 1. The first kappa shape index (κ1) is 23.7. The third-order valence-electron chi connectivity index (χ3n) is 4.81. The van der Waals surface area contributed by atoms with Crippen LogP contribution in [0.25, 0.3) is 11.1 Å². The van der Waals surface area contributed by atoms with E-state index in [1.165, 1.54) is 12.1 Å². The highest BCUT2D eigenvalue weighted by Gasteiger charge is 2.30. The lowest BCUT2D eigenvalue weighted by atomic mass is 10.0. The predicted octanol–water partition coefficient (Wildman–Crippen LogP) is 7.23. The van der Waals surface area contributed by atoms with Gasteiger partial charge in [-0.05, 0) is 65.4 Å². The highest BCUT2D eigenvalue weighted by Crippen LogP contribution is 2.40. The van der Waals surface area contributed by atoms with E-state index >= 15 is 0 Å². The Morgan fingerprint density at radius 1 is 0.906 bits per heavy atom. The minimum atomic E-state index is -4.70. The number of hydrogen-bond donors (Lipinski definition) is 1. The SMILES string of the molecule is CC(C)CC(Sc1ccc(-c2ccc(OC(F)(F)F)cc2)cc1)c1ccc(C(N)=O)cc1. The summed E-state index contributed by atoms with van der Waals surface area (Å²) in [5.74, 6) is -0.203. The number of thioether (sulfide) groups is 1. The van der Waals surface area contributed by atoms with Gasteiger partial charge in [0.1, 0.15) is 5.75 Å². The second-order valence-electron chi connectivity index (χ2n) is 7.82. The van der Waals surface area contributed by atoms with Crippen LogP contribution < -0.4 is 10.5 Å². The molecule has 7 heteroatoms. The lowest BCUT2D eigenvalue weighted by Gasteiger charge is -2.20. The van der Waals surface area contributed by atoms with Crippen LogP contribution in [-0.4, -0.2) is 12.3 Å². The number of benzene rings is 3. The van der Waals surface area contributed by atoms with Gasteiger partial charge in [0, 0.05) is 15.7 Å². The Bertz CT molecular complexity index is 1030. The summed E-state index contributed by atoms with van der Waals surface area (Å²) in [6, 6.07) is 21.1. The third kappa shape index (κ3) is 6.79. The van der Waals surface area contributed by atoms with Crippen molar-refractivity contribution in [3.05, 3.63) is 83.9 Å². The maximum absolute atomic E-state index is 12.3. The molecule has 1 atom stereocenters. The molecule has 3 aromatic carbocycles. The number of carbonyl (C=O) groups is 1. The smallest absolute Gasteiger partial charge is 0.406 e. The molecule has 0 saturated carbocycles. The van der Waals surface area contributed by atoms with Crippen LogP contribution >= 0.6 is 11.8 Å². The molecule has 1 unspecified atom stereocenters. The lowest BCUT2D eigenvalue weighted by molar-refractivity contribution is -0.274. The number of primary amides is 1. The normalized spacial score (nSPS) is 12.6. The number of amides is 1. The fraction of sp³-hybridized carbons (Fsp3) is 0.240. The molecule has 0 aliphatic rings. The van der Waals surface area contributed by atoms with Gasteiger partial charge in [-0.15, -0.1) is 24.9 Å². The molecule has 0 aliphatic heterocycles. The van der Waals surface area contributed by atoms with Crippen molar-refractivity contribution in [3.8, 4) is 16.9 Å². The second-order valence-corrected chi connectivity index (χ2v) is 9.10. The van der Waals surface area contributed by atoms with Gasteiger partial charge in [-0.25, -0.2) is 0 Å². The topological polar surface area (TPSA) is 52.3 Å². The zero-order valence-corrected chi connectivity index (χ0v) is 18.5. The molecule has 0 spiro atoms. The summed E-state index contributed by atoms with van der Waals surface area (Å²) in [7, 11) is 0. The van der Waals surface area contributed by atoms with Gasteiger partial charge in [0.15, 0.2) is 0 Å². The van der Waals surface area contributed by atoms with Gasteiger partial charge in [0.05, 0.1) is 0 Å². The molecule has 0 bridgehead atoms. The first-order valence-electron chi connectivity index (χ1n) is 10.1. The lowest BCUT2D eigenvalue weighted by Crippen LogP contribution is -2.16. The van der Waals surface area contributed by atoms with Crippen LogP contribution in [0.15, 0.2) is 77.7 Å². The first-order valence-corrected chi connectivity index (χ1v) is 11.0. The van der Waals surface area contributed by atoms with Gasteiger partial charge < -0.3 is 10.5 Å². The Labute approximate surface area is 189 Å². The van der Waals surface area contributed by atoms with E-state index in [4.69, 9.17) is 5.73 Å². The highest BCUT2D eigenvalue weighted by atomic mass is 32.2. The maximum atomic E-state index is 12.3. The minimum Gasteiger partial charge on any atom is -0.406 e. The zero-order valence-electron chi connectivity index (χ0n) is 17.7. The highest BCUT2D eigenvalue weighted by molar-refractivity contribution is 7.99. The monoisotopic (exact) mass is 459 g/mol. The Hall–Kier alpha value is -2.93. The largest absolute Gasteiger partial charge is 0.573 e. The molecule has 0 heterocycles. The molecule has 0 saturated heterocycles. The van der Waals surface area contributed by atoms with E-state index in [0.29, 0.717) is 11.5 Å². The van der Waals surface area contributed by atoms with Crippen LogP contribution in [0.1, 0.15) is 41.4 Å². The van der Waals surface area contributed by atoms with E-state index in [9.17, 15) is 18.0 Å². The molecule has 0 aliphatic carbocycles. The van der Waals surface area contributed by atoms with Gasteiger partial charge in [0.2, 0.25) is 5.91 Å². The molecule has 2 N–H and O–H groups in total. The summed E-state index contributed by atoms with van der Waals surface area (Å²) in [6.45, 7) is 4.33. The van der Waals surface area contributed by atoms with Crippen molar-refractivity contribution in [1.82, 2.24) is 0 Å². The summed E-state index contributed by atoms with van der Waals surface area (Å²) in [6.07, 6.45) is -3.74. The Morgan fingerprint density at radius 2 is 1.44 bits per heavy atom. The summed E-state index contributed by atoms with van der Waals surface area (Å²) >= 11 is 1.74. The Balaban J connectivity index is 1.74. The van der Waals surface area contributed by atoms with Gasteiger partial charge in [-0.2, -0.15) is 0 Å². The zero-order chi connectivity index (χ0) is 23.3. The molecule has 3 aromatic rings. The van der Waals surface area contributed by atoms with Crippen molar-refractivity contribution in [2.24, 2.45) is 11.7 Å². The third-order valence-corrected chi connectivity index (χ3v) is 6.10. The van der Waals surface area contributed by atoms with E-state index in [2.05, 4.69) is 18.6 Å². The average Bonchev–Trinajstić information content (AvgIpc) is 2.73. The number of carbonyl (C=O) groups excluding carboxylic acids is 1. The van der Waals surface area contributed by atoms with Crippen molar-refractivity contribution in [3.63, 3.8) is 0 Å². The van der Waals surface area contributed by atoms with E-state index in [1.54, 1.807) is 36.0 Å². The van der Waals surface area contributed by atoms with Crippen molar-refractivity contribution in [1.29, 1.82) is 0 Å². The van der Waals surface area contributed by atoms with Crippen LogP contribution in [0.5, 0.6) is 5.75 Å². The molecule has 32 heavy (non-hydrogen) atoms. The molecule has 0 fully saturated rings. The number of hydrogen-bond acceptors (Lipinski definition) is 3. The van der Waals surface area contributed by atoms with Gasteiger partial charge >= 0.3 is 6.36 Å². The number of rotatable bonds is 8. The van der Waals surface area contributed by atoms with Gasteiger partial charge in [-0.3, -0.25) is 4.79 Å². The van der Waals surface area contributed by atoms with Crippen molar-refractivity contribution < 1.29 is 22.7 Å². The van der Waals surface area contributed by atoms with Gasteiger partial charge in [0.25, 0.3) is 0 Å². The molecule has 3 rings (SSSR count). The van der Waals surface area contributed by atoms with Crippen LogP contribution in [0, 0.1) is 5.92 Å². The quantitative estimate of drug-likeness (QED) is 0.362. The van der Waals surface area contributed by atoms with E-state index < -0.39 is 12.3 Å². The molecular weight excluding hydrogens is 435 g/mol. The summed E-state index contributed by atoms with van der Waals surface area (Å²) < 4.78 is 40.9. The molecule has 1 amide bonds.